The maximum absolute atomic E-state index is 15.0. The van der Waals surface area contributed by atoms with Gasteiger partial charge in [-0.25, -0.2) is 4.39 Å². The van der Waals surface area contributed by atoms with Gasteiger partial charge in [-0.1, -0.05) is 50.6 Å². The number of hydrogen-bond acceptors (Lipinski definition) is 5. The monoisotopic (exact) mass is 577 g/mol. The number of rotatable bonds is 7. The Morgan fingerprint density at radius 3 is 2.38 bits per heavy atom. The predicted molar refractivity (Wildman–Crippen MR) is 146 cm³/mol. The van der Waals surface area contributed by atoms with Gasteiger partial charge in [0, 0.05) is 30.1 Å². The summed E-state index contributed by atoms with van der Waals surface area (Å²) in [6, 6.07) is 11.0. The van der Waals surface area contributed by atoms with E-state index in [9.17, 15) is 19.5 Å². The minimum atomic E-state index is -1.24. The van der Waals surface area contributed by atoms with Gasteiger partial charge in [0.1, 0.15) is 11.4 Å². The second-order valence-corrected chi connectivity index (χ2v) is 11.9. The summed E-state index contributed by atoms with van der Waals surface area (Å²) in [6.07, 6.45) is 2.83. The van der Waals surface area contributed by atoms with Crippen molar-refractivity contribution >= 4 is 35.1 Å². The number of carboxylic acid groups (broad SMARTS) is 1. The van der Waals surface area contributed by atoms with Crippen LogP contribution in [0, 0.1) is 17.2 Å². The van der Waals surface area contributed by atoms with Gasteiger partial charge >= 0.3 is 29.6 Å². The Hall–Kier alpha value is -2.26. The SMILES string of the molecule is C[C@H](c1ccc(C(=O)NCCC(=O)[O-])cc1)N1C(=O)C(c2cccc(Cl)c2F)=NC12CCC(C(C)(C)C)CC2.[Na+]. The standard InChI is InChI=1S/C30H35ClFN3O4.Na/c1-18(19-8-10-20(11-9-19)27(38)33-17-14-24(36)37)35-28(39)26(22-6-5-7-23(31)25(22)32)34-30(35)15-12-21(13-16-30)29(2,3)4;/h5-11,18,21H,12-17H2,1-4H3,(H,33,38)(H,36,37);/q;+1/p-1/t18-,21?,30?;/m1./s1. The smallest absolute Gasteiger partial charge is 0.550 e. The van der Waals surface area contributed by atoms with Crippen molar-refractivity contribution in [3.05, 3.63) is 70.0 Å². The molecule has 1 N–H and O–H groups in total. The van der Waals surface area contributed by atoms with Crippen LogP contribution in [-0.4, -0.2) is 40.6 Å². The van der Waals surface area contributed by atoms with E-state index in [1.165, 1.54) is 12.1 Å². The maximum atomic E-state index is 15.0. The van der Waals surface area contributed by atoms with Crippen LogP contribution in [0.15, 0.2) is 47.5 Å². The molecule has 40 heavy (non-hydrogen) atoms. The average molecular weight is 578 g/mol. The zero-order valence-corrected chi connectivity index (χ0v) is 26.5. The summed E-state index contributed by atoms with van der Waals surface area (Å²) in [5, 5.41) is 13.1. The number of carboxylic acids is 1. The van der Waals surface area contributed by atoms with Crippen molar-refractivity contribution in [2.75, 3.05) is 6.54 Å². The fourth-order valence-electron chi connectivity index (χ4n) is 5.75. The molecule has 0 unspecified atom stereocenters. The fraction of sp³-hybridized carbons (Fsp3) is 0.467. The van der Waals surface area contributed by atoms with Gasteiger partial charge in [-0.2, -0.15) is 0 Å². The van der Waals surface area contributed by atoms with E-state index in [0.29, 0.717) is 24.3 Å². The molecule has 7 nitrogen and oxygen atoms in total. The minimum absolute atomic E-state index is 0. The van der Waals surface area contributed by atoms with E-state index >= 15 is 4.39 Å². The summed E-state index contributed by atoms with van der Waals surface area (Å²) in [5.74, 6) is -2.16. The number of halogens is 2. The number of aliphatic carboxylic acids is 1. The molecular weight excluding hydrogens is 544 g/mol. The number of amides is 2. The van der Waals surface area contributed by atoms with Crippen LogP contribution in [-0.2, 0) is 9.59 Å². The van der Waals surface area contributed by atoms with Gasteiger partial charge < -0.3 is 20.1 Å². The molecule has 4 rings (SSSR count). The van der Waals surface area contributed by atoms with Crippen LogP contribution >= 0.6 is 11.6 Å². The third-order valence-electron chi connectivity index (χ3n) is 8.06. The van der Waals surface area contributed by atoms with Crippen LogP contribution in [0.25, 0.3) is 0 Å². The summed E-state index contributed by atoms with van der Waals surface area (Å²) < 4.78 is 15.0. The Morgan fingerprint density at radius 1 is 1.18 bits per heavy atom. The van der Waals surface area contributed by atoms with E-state index in [1.807, 2.05) is 6.92 Å². The molecule has 1 saturated carbocycles. The molecule has 10 heteroatoms. The van der Waals surface area contributed by atoms with Gasteiger partial charge in [-0.05, 0) is 73.8 Å². The quantitative estimate of drug-likeness (QED) is 0.506. The molecule has 1 heterocycles. The number of nitrogens with one attached hydrogen (secondary N) is 1. The molecule has 1 spiro atoms. The Morgan fingerprint density at radius 2 is 1.80 bits per heavy atom. The van der Waals surface area contributed by atoms with Crippen molar-refractivity contribution in [3.8, 4) is 0 Å². The first-order chi connectivity index (χ1) is 18.3. The molecule has 1 aliphatic carbocycles. The van der Waals surface area contributed by atoms with Crippen molar-refractivity contribution in [2.45, 2.75) is 71.5 Å². The normalized spacial score (nSPS) is 21.6. The number of carbonyl (C=O) groups excluding carboxylic acids is 3. The molecule has 2 amide bonds. The number of nitrogens with zero attached hydrogens (tertiary/aromatic N) is 2. The first-order valence-corrected chi connectivity index (χ1v) is 13.7. The molecule has 1 aliphatic heterocycles. The Labute approximate surface area is 261 Å². The van der Waals surface area contributed by atoms with Gasteiger partial charge in [-0.15, -0.1) is 0 Å². The van der Waals surface area contributed by atoms with Crippen LogP contribution in [0.2, 0.25) is 5.02 Å². The molecule has 2 aromatic carbocycles. The van der Waals surface area contributed by atoms with Crippen LogP contribution in [0.1, 0.15) is 87.3 Å². The second kappa shape index (κ2) is 12.7. The van der Waals surface area contributed by atoms with Crippen molar-refractivity contribution < 1.29 is 53.4 Å². The molecule has 2 aliphatic rings. The van der Waals surface area contributed by atoms with Crippen molar-refractivity contribution in [1.29, 1.82) is 0 Å². The van der Waals surface area contributed by atoms with Gasteiger partial charge in [0.25, 0.3) is 11.8 Å². The van der Waals surface area contributed by atoms with Crippen LogP contribution in [0.3, 0.4) is 0 Å². The van der Waals surface area contributed by atoms with E-state index in [1.54, 1.807) is 35.2 Å². The van der Waals surface area contributed by atoms with Gasteiger partial charge in [0.05, 0.1) is 11.1 Å². The van der Waals surface area contributed by atoms with Gasteiger partial charge in [-0.3, -0.25) is 14.6 Å². The second-order valence-electron chi connectivity index (χ2n) is 11.5. The van der Waals surface area contributed by atoms with E-state index in [-0.39, 0.29) is 70.1 Å². The fourth-order valence-corrected chi connectivity index (χ4v) is 5.93. The molecule has 208 valence electrons. The van der Waals surface area contributed by atoms with Gasteiger partial charge in [0.15, 0.2) is 5.82 Å². The molecule has 1 atom stereocenters. The first kappa shape index (κ1) is 32.3. The molecule has 0 bridgehead atoms. The first-order valence-electron chi connectivity index (χ1n) is 13.3. The molecular formula is C30H34ClFN3NaO4. The van der Waals surface area contributed by atoms with Crippen LogP contribution < -0.4 is 40.0 Å². The van der Waals surface area contributed by atoms with E-state index in [2.05, 4.69) is 26.1 Å². The number of aliphatic imine (C=N–C) groups is 1. The predicted octanol–water partition coefficient (Wildman–Crippen LogP) is 1.68. The third kappa shape index (κ3) is 6.62. The zero-order valence-electron chi connectivity index (χ0n) is 23.7. The summed E-state index contributed by atoms with van der Waals surface area (Å²) in [6.45, 7) is 8.56. The minimum Gasteiger partial charge on any atom is -0.550 e. The third-order valence-corrected chi connectivity index (χ3v) is 8.36. The largest absolute Gasteiger partial charge is 1.00 e. The Balaban J connectivity index is 0.00000441. The summed E-state index contributed by atoms with van der Waals surface area (Å²) >= 11 is 6.05. The Kier molecular flexibility index (Phi) is 10.3. The molecule has 0 radical (unpaired) electrons. The van der Waals surface area contributed by atoms with Crippen molar-refractivity contribution in [2.24, 2.45) is 16.3 Å². The van der Waals surface area contributed by atoms with E-state index in [0.717, 1.165) is 18.4 Å². The van der Waals surface area contributed by atoms with Crippen LogP contribution in [0.4, 0.5) is 4.39 Å². The van der Waals surface area contributed by atoms with E-state index in [4.69, 9.17) is 16.6 Å². The van der Waals surface area contributed by atoms with E-state index < -0.39 is 29.4 Å². The Bertz CT molecular complexity index is 1300. The maximum Gasteiger partial charge on any atom is 1.00 e. The molecule has 1 fully saturated rings. The number of benzene rings is 2. The number of carbonyl (C=O) groups is 3. The van der Waals surface area contributed by atoms with Gasteiger partial charge in [0.2, 0.25) is 0 Å². The summed E-state index contributed by atoms with van der Waals surface area (Å²) in [4.78, 5) is 43.7. The molecule has 0 saturated heterocycles. The zero-order chi connectivity index (χ0) is 28.5. The van der Waals surface area contributed by atoms with Crippen molar-refractivity contribution in [3.63, 3.8) is 0 Å². The van der Waals surface area contributed by atoms with Crippen LogP contribution in [0.5, 0.6) is 0 Å². The topological polar surface area (TPSA) is 102 Å². The molecule has 0 aromatic heterocycles. The van der Waals surface area contributed by atoms with Crippen molar-refractivity contribution in [1.82, 2.24) is 10.2 Å². The number of hydrogen-bond donors (Lipinski definition) is 1. The average Bonchev–Trinajstić information content (AvgIpc) is 3.15. The summed E-state index contributed by atoms with van der Waals surface area (Å²) in [7, 11) is 0. The summed E-state index contributed by atoms with van der Waals surface area (Å²) in [5.41, 5.74) is 0.681. The molecule has 2 aromatic rings.